The van der Waals surface area contributed by atoms with Crippen molar-refractivity contribution in [1.82, 2.24) is 4.31 Å². The van der Waals surface area contributed by atoms with E-state index in [2.05, 4.69) is 22.9 Å². The summed E-state index contributed by atoms with van der Waals surface area (Å²) in [6, 6.07) is 7.22. The van der Waals surface area contributed by atoms with E-state index in [1.807, 2.05) is 12.1 Å². The van der Waals surface area contributed by atoms with Gasteiger partial charge in [0.05, 0.1) is 4.90 Å². The van der Waals surface area contributed by atoms with Crippen LogP contribution >= 0.6 is 15.9 Å². The van der Waals surface area contributed by atoms with Crippen LogP contribution in [-0.2, 0) is 16.4 Å². The Morgan fingerprint density at radius 3 is 2.44 bits per heavy atom. The number of rotatable bonds is 6. The normalized spacial score (nSPS) is 13.8. The van der Waals surface area contributed by atoms with Gasteiger partial charge in [-0.25, -0.2) is 12.7 Å². The van der Waals surface area contributed by atoms with Crippen molar-refractivity contribution in [3.05, 3.63) is 29.8 Å². The molecule has 18 heavy (non-hydrogen) atoms. The first-order valence-corrected chi connectivity index (χ1v) is 8.39. The molecule has 0 aliphatic heterocycles. The topological polar surface area (TPSA) is 37.4 Å². The minimum absolute atomic E-state index is 0.320. The number of nitrogens with zero attached hydrogens (tertiary/aromatic N) is 1. The Balaban J connectivity index is 3.08. The van der Waals surface area contributed by atoms with E-state index in [9.17, 15) is 8.42 Å². The summed E-state index contributed by atoms with van der Waals surface area (Å²) in [5, 5.41) is 0. The van der Waals surface area contributed by atoms with Crippen LogP contribution in [-0.4, -0.2) is 31.6 Å². The summed E-state index contributed by atoms with van der Waals surface area (Å²) in [6.07, 6.45) is 2.85. The Morgan fingerprint density at radius 1 is 1.28 bits per heavy atom. The lowest BCUT2D eigenvalue weighted by atomic mass is 10.1. The fourth-order valence-electron chi connectivity index (χ4n) is 1.77. The molecule has 0 aliphatic rings. The number of halogens is 1. The Morgan fingerprint density at radius 2 is 1.89 bits per heavy atom. The van der Waals surface area contributed by atoms with Crippen molar-refractivity contribution in [1.29, 1.82) is 0 Å². The fourth-order valence-corrected chi connectivity index (χ4v) is 3.71. The summed E-state index contributed by atoms with van der Waals surface area (Å²) in [5.74, 6) is 0. The summed E-state index contributed by atoms with van der Waals surface area (Å²) < 4.78 is 25.7. The van der Waals surface area contributed by atoms with Gasteiger partial charge >= 0.3 is 0 Å². The summed E-state index contributed by atoms with van der Waals surface area (Å²) in [5.41, 5.74) is 0.876. The first-order chi connectivity index (χ1) is 8.39. The van der Waals surface area contributed by atoms with Crippen molar-refractivity contribution in [2.75, 3.05) is 14.1 Å². The third kappa shape index (κ3) is 3.80. The van der Waals surface area contributed by atoms with Gasteiger partial charge in [0.2, 0.25) is 10.0 Å². The first kappa shape index (κ1) is 15.7. The fraction of sp³-hybridized carbons (Fsp3) is 0.538. The van der Waals surface area contributed by atoms with Crippen LogP contribution in [0.25, 0.3) is 0 Å². The molecule has 0 saturated heterocycles. The van der Waals surface area contributed by atoms with E-state index >= 15 is 0 Å². The average Bonchev–Trinajstić information content (AvgIpc) is 2.29. The molecular weight excluding hydrogens is 314 g/mol. The maximum Gasteiger partial charge on any atom is 0.242 e. The third-order valence-electron chi connectivity index (χ3n) is 2.77. The molecule has 1 unspecified atom stereocenters. The number of benzene rings is 1. The molecule has 1 aromatic carbocycles. The van der Waals surface area contributed by atoms with E-state index in [0.717, 1.165) is 24.8 Å². The zero-order valence-corrected chi connectivity index (χ0v) is 13.5. The molecule has 1 rings (SSSR count). The minimum Gasteiger partial charge on any atom is -0.207 e. The van der Waals surface area contributed by atoms with E-state index < -0.39 is 10.0 Å². The van der Waals surface area contributed by atoms with Crippen LogP contribution in [0.2, 0.25) is 0 Å². The molecular formula is C13H20BrNO2S. The molecule has 0 saturated carbocycles. The molecule has 1 atom stereocenters. The van der Waals surface area contributed by atoms with Crippen molar-refractivity contribution in [2.45, 2.75) is 35.9 Å². The molecule has 0 bridgehead atoms. The summed E-state index contributed by atoms with van der Waals surface area (Å²) in [4.78, 5) is 0.733. The van der Waals surface area contributed by atoms with E-state index in [1.165, 1.54) is 4.31 Å². The quantitative estimate of drug-likeness (QED) is 0.750. The van der Waals surface area contributed by atoms with Gasteiger partial charge in [-0.05, 0) is 24.5 Å². The van der Waals surface area contributed by atoms with E-state index in [1.54, 1.807) is 26.2 Å². The highest BCUT2D eigenvalue weighted by Crippen LogP contribution is 2.23. The molecule has 0 N–H and O–H groups in total. The maximum absolute atomic E-state index is 12.2. The van der Waals surface area contributed by atoms with Gasteiger partial charge in [-0.1, -0.05) is 47.5 Å². The molecule has 0 spiro atoms. The molecule has 0 aliphatic carbocycles. The van der Waals surface area contributed by atoms with Gasteiger partial charge in [-0.15, -0.1) is 0 Å². The molecule has 3 nitrogen and oxygen atoms in total. The van der Waals surface area contributed by atoms with Crippen LogP contribution in [0.1, 0.15) is 25.3 Å². The van der Waals surface area contributed by atoms with Crippen LogP contribution < -0.4 is 0 Å². The van der Waals surface area contributed by atoms with Crippen molar-refractivity contribution in [3.63, 3.8) is 0 Å². The monoisotopic (exact) mass is 333 g/mol. The van der Waals surface area contributed by atoms with Crippen molar-refractivity contribution >= 4 is 26.0 Å². The van der Waals surface area contributed by atoms with Crippen LogP contribution in [0.5, 0.6) is 0 Å². The maximum atomic E-state index is 12.2. The molecule has 0 amide bonds. The predicted molar refractivity (Wildman–Crippen MR) is 78.6 cm³/mol. The molecule has 1 aromatic rings. The Hall–Kier alpha value is -0.390. The summed E-state index contributed by atoms with van der Waals surface area (Å²) in [6.45, 7) is 2.12. The number of hydrogen-bond acceptors (Lipinski definition) is 2. The highest BCUT2D eigenvalue weighted by Gasteiger charge is 2.21. The smallest absolute Gasteiger partial charge is 0.207 e. The lowest BCUT2D eigenvalue weighted by Gasteiger charge is -2.16. The summed E-state index contributed by atoms with van der Waals surface area (Å²) in [7, 11) is -0.237. The Bertz CT molecular complexity index is 486. The summed E-state index contributed by atoms with van der Waals surface area (Å²) >= 11 is 3.60. The molecule has 0 fully saturated rings. The zero-order valence-electron chi connectivity index (χ0n) is 11.1. The van der Waals surface area contributed by atoms with Gasteiger partial charge in [-0.2, -0.15) is 0 Å². The SMILES string of the molecule is CCCC(Br)Cc1ccccc1S(=O)(=O)N(C)C. The Kier molecular flexibility index (Phi) is 5.82. The lowest BCUT2D eigenvalue weighted by Crippen LogP contribution is -2.23. The molecule has 102 valence electrons. The average molecular weight is 334 g/mol. The largest absolute Gasteiger partial charge is 0.242 e. The van der Waals surface area contributed by atoms with E-state index in [4.69, 9.17) is 0 Å². The molecule has 0 aromatic heterocycles. The predicted octanol–water partition coefficient (Wildman–Crippen LogP) is 3.04. The molecule has 5 heteroatoms. The number of hydrogen-bond donors (Lipinski definition) is 0. The second kappa shape index (κ2) is 6.68. The van der Waals surface area contributed by atoms with Crippen LogP contribution in [0, 0.1) is 0 Å². The van der Waals surface area contributed by atoms with Crippen molar-refractivity contribution in [2.24, 2.45) is 0 Å². The zero-order chi connectivity index (χ0) is 13.8. The van der Waals surface area contributed by atoms with Crippen molar-refractivity contribution in [3.8, 4) is 0 Å². The highest BCUT2D eigenvalue weighted by atomic mass is 79.9. The van der Waals surface area contributed by atoms with Gasteiger partial charge in [0, 0.05) is 18.9 Å². The van der Waals surface area contributed by atoms with Gasteiger partial charge < -0.3 is 0 Å². The van der Waals surface area contributed by atoms with Crippen LogP contribution in [0.3, 0.4) is 0 Å². The standard InChI is InChI=1S/C13H20BrNO2S/c1-4-7-12(14)10-11-8-5-6-9-13(11)18(16,17)15(2)3/h5-6,8-9,12H,4,7,10H2,1-3H3. The van der Waals surface area contributed by atoms with E-state index in [-0.39, 0.29) is 0 Å². The molecule has 0 heterocycles. The lowest BCUT2D eigenvalue weighted by molar-refractivity contribution is 0.519. The minimum atomic E-state index is -3.36. The first-order valence-electron chi connectivity index (χ1n) is 6.04. The number of alkyl halides is 1. The van der Waals surface area contributed by atoms with Gasteiger partial charge in [0.25, 0.3) is 0 Å². The highest BCUT2D eigenvalue weighted by molar-refractivity contribution is 9.09. The Labute approximate surface area is 118 Å². The number of sulfonamides is 1. The van der Waals surface area contributed by atoms with Gasteiger partial charge in [-0.3, -0.25) is 0 Å². The van der Waals surface area contributed by atoms with Gasteiger partial charge in [0.15, 0.2) is 0 Å². The van der Waals surface area contributed by atoms with Crippen LogP contribution in [0.15, 0.2) is 29.2 Å². The second-order valence-corrected chi connectivity index (χ2v) is 7.90. The van der Waals surface area contributed by atoms with Crippen molar-refractivity contribution < 1.29 is 8.42 Å². The van der Waals surface area contributed by atoms with Gasteiger partial charge in [0.1, 0.15) is 0 Å². The van der Waals surface area contributed by atoms with E-state index in [0.29, 0.717) is 9.72 Å². The van der Waals surface area contributed by atoms with Crippen LogP contribution in [0.4, 0.5) is 0 Å². The molecule has 0 radical (unpaired) electrons. The third-order valence-corrected chi connectivity index (χ3v) is 5.47. The second-order valence-electron chi connectivity index (χ2n) is 4.49.